The average Bonchev–Trinajstić information content (AvgIpc) is 2.47. The summed E-state index contributed by atoms with van der Waals surface area (Å²) in [5, 5.41) is 8.76. The van der Waals surface area contributed by atoms with Crippen LogP contribution in [0, 0.1) is 5.92 Å². The summed E-state index contributed by atoms with van der Waals surface area (Å²) in [7, 11) is 1.60. The highest BCUT2D eigenvalue weighted by Gasteiger charge is 2.16. The largest absolute Gasteiger partial charge is 0.496 e. The molecule has 1 heterocycles. The first-order chi connectivity index (χ1) is 10.1. The molecule has 0 bridgehead atoms. The van der Waals surface area contributed by atoms with Crippen molar-refractivity contribution >= 4 is 12.0 Å². The second kappa shape index (κ2) is 7.27. The number of carbonyl (C=O) groups is 1. The van der Waals surface area contributed by atoms with Gasteiger partial charge in [0.05, 0.1) is 7.11 Å². The lowest BCUT2D eigenvalue weighted by Gasteiger charge is -2.30. The lowest BCUT2D eigenvalue weighted by molar-refractivity contribution is -0.131. The third-order valence-corrected chi connectivity index (χ3v) is 3.98. The van der Waals surface area contributed by atoms with Gasteiger partial charge in [0, 0.05) is 18.2 Å². The SMILES string of the molecule is COc1ccc(CN2CCC(C)CC2)cc1C=CC(=O)O. The highest BCUT2D eigenvalue weighted by molar-refractivity contribution is 5.85. The summed E-state index contributed by atoms with van der Waals surface area (Å²) in [4.78, 5) is 13.1. The molecule has 114 valence electrons. The maximum Gasteiger partial charge on any atom is 0.328 e. The number of benzene rings is 1. The Bertz CT molecular complexity index is 517. The summed E-state index contributed by atoms with van der Waals surface area (Å²) >= 11 is 0. The molecule has 4 heteroatoms. The van der Waals surface area contributed by atoms with Gasteiger partial charge in [0.25, 0.3) is 0 Å². The van der Waals surface area contributed by atoms with E-state index in [2.05, 4.69) is 17.9 Å². The van der Waals surface area contributed by atoms with Crippen molar-refractivity contribution in [2.24, 2.45) is 5.92 Å². The first-order valence-corrected chi connectivity index (χ1v) is 7.38. The Kier molecular flexibility index (Phi) is 5.39. The molecule has 1 fully saturated rings. The summed E-state index contributed by atoms with van der Waals surface area (Å²) < 4.78 is 5.28. The van der Waals surface area contributed by atoms with Crippen molar-refractivity contribution in [2.75, 3.05) is 20.2 Å². The molecule has 0 amide bonds. The number of rotatable bonds is 5. The Balaban J connectivity index is 2.09. The van der Waals surface area contributed by atoms with Crippen LogP contribution in [0.15, 0.2) is 24.3 Å². The summed E-state index contributed by atoms with van der Waals surface area (Å²) in [5.41, 5.74) is 2.00. The van der Waals surface area contributed by atoms with Gasteiger partial charge in [0.15, 0.2) is 0 Å². The molecule has 1 aromatic rings. The van der Waals surface area contributed by atoms with Crippen LogP contribution in [0.3, 0.4) is 0 Å². The smallest absolute Gasteiger partial charge is 0.328 e. The Hall–Kier alpha value is -1.81. The first-order valence-electron chi connectivity index (χ1n) is 7.38. The molecule has 2 rings (SSSR count). The molecule has 21 heavy (non-hydrogen) atoms. The minimum atomic E-state index is -0.951. The number of hydrogen-bond donors (Lipinski definition) is 1. The van der Waals surface area contributed by atoms with E-state index in [9.17, 15) is 4.79 Å². The quantitative estimate of drug-likeness (QED) is 0.847. The molecule has 0 aliphatic carbocycles. The van der Waals surface area contributed by atoms with Crippen molar-refractivity contribution in [2.45, 2.75) is 26.3 Å². The Morgan fingerprint density at radius 3 is 2.76 bits per heavy atom. The molecule has 0 unspecified atom stereocenters. The van der Waals surface area contributed by atoms with Crippen molar-refractivity contribution in [1.82, 2.24) is 4.90 Å². The van der Waals surface area contributed by atoms with E-state index >= 15 is 0 Å². The fraction of sp³-hybridized carbons (Fsp3) is 0.471. The summed E-state index contributed by atoms with van der Waals surface area (Å²) in [5.74, 6) is 0.571. The Morgan fingerprint density at radius 2 is 2.14 bits per heavy atom. The topological polar surface area (TPSA) is 49.8 Å². The molecule has 1 saturated heterocycles. The Labute approximate surface area is 126 Å². The summed E-state index contributed by atoms with van der Waals surface area (Å²) in [6, 6.07) is 5.97. The van der Waals surface area contributed by atoms with Crippen LogP contribution in [-0.4, -0.2) is 36.2 Å². The van der Waals surface area contributed by atoms with Gasteiger partial charge in [-0.15, -0.1) is 0 Å². The predicted molar refractivity (Wildman–Crippen MR) is 83.3 cm³/mol. The minimum Gasteiger partial charge on any atom is -0.496 e. The average molecular weight is 289 g/mol. The second-order valence-electron chi connectivity index (χ2n) is 5.71. The van der Waals surface area contributed by atoms with Crippen LogP contribution >= 0.6 is 0 Å². The Morgan fingerprint density at radius 1 is 1.43 bits per heavy atom. The fourth-order valence-corrected chi connectivity index (χ4v) is 2.65. The lowest BCUT2D eigenvalue weighted by Crippen LogP contribution is -2.32. The number of hydrogen-bond acceptors (Lipinski definition) is 3. The molecule has 4 nitrogen and oxygen atoms in total. The van der Waals surface area contributed by atoms with Crippen LogP contribution in [0.4, 0.5) is 0 Å². The molecule has 1 aliphatic rings. The standard InChI is InChI=1S/C17H23NO3/c1-13-7-9-18(10-8-13)12-14-3-5-16(21-2)15(11-14)4-6-17(19)20/h3-6,11,13H,7-10,12H2,1-2H3,(H,19,20). The van der Waals surface area contributed by atoms with Crippen molar-refractivity contribution in [3.05, 3.63) is 35.4 Å². The van der Waals surface area contributed by atoms with Gasteiger partial charge in [-0.1, -0.05) is 13.0 Å². The molecule has 1 N–H and O–H groups in total. The molecular weight excluding hydrogens is 266 g/mol. The van der Waals surface area contributed by atoms with Crippen LogP contribution in [0.2, 0.25) is 0 Å². The zero-order chi connectivity index (χ0) is 15.2. The van der Waals surface area contributed by atoms with Gasteiger partial charge in [-0.2, -0.15) is 0 Å². The maximum atomic E-state index is 10.7. The van der Waals surface area contributed by atoms with Crippen molar-refractivity contribution in [1.29, 1.82) is 0 Å². The van der Waals surface area contributed by atoms with E-state index in [-0.39, 0.29) is 0 Å². The van der Waals surface area contributed by atoms with E-state index in [1.54, 1.807) is 13.2 Å². The van der Waals surface area contributed by atoms with Gasteiger partial charge in [0.1, 0.15) is 5.75 Å². The highest BCUT2D eigenvalue weighted by Crippen LogP contribution is 2.24. The molecule has 1 aromatic carbocycles. The van der Waals surface area contributed by atoms with Crippen LogP contribution in [0.5, 0.6) is 5.75 Å². The number of likely N-dealkylation sites (tertiary alicyclic amines) is 1. The monoisotopic (exact) mass is 289 g/mol. The molecule has 0 atom stereocenters. The number of nitrogens with zero attached hydrogens (tertiary/aromatic N) is 1. The van der Waals surface area contributed by atoms with E-state index in [4.69, 9.17) is 9.84 Å². The zero-order valence-electron chi connectivity index (χ0n) is 12.7. The van der Waals surface area contributed by atoms with Crippen LogP contribution in [0.1, 0.15) is 30.9 Å². The third-order valence-electron chi connectivity index (χ3n) is 3.98. The minimum absolute atomic E-state index is 0.698. The van der Waals surface area contributed by atoms with Gasteiger partial charge >= 0.3 is 5.97 Å². The van der Waals surface area contributed by atoms with E-state index in [1.807, 2.05) is 12.1 Å². The second-order valence-corrected chi connectivity index (χ2v) is 5.71. The van der Waals surface area contributed by atoms with Gasteiger partial charge in [-0.25, -0.2) is 4.79 Å². The number of ether oxygens (including phenoxy) is 1. The number of aliphatic carboxylic acids is 1. The molecule has 0 saturated carbocycles. The van der Waals surface area contributed by atoms with E-state index in [1.165, 1.54) is 18.4 Å². The van der Waals surface area contributed by atoms with Gasteiger partial charge < -0.3 is 9.84 Å². The number of carboxylic acids is 1. The molecule has 0 aromatic heterocycles. The molecule has 1 aliphatic heterocycles. The highest BCUT2D eigenvalue weighted by atomic mass is 16.5. The van der Waals surface area contributed by atoms with Crippen LogP contribution in [0.25, 0.3) is 6.08 Å². The lowest BCUT2D eigenvalue weighted by atomic mass is 9.98. The van der Waals surface area contributed by atoms with Gasteiger partial charge in [-0.3, -0.25) is 4.90 Å². The predicted octanol–water partition coefficient (Wildman–Crippen LogP) is 3.02. The third kappa shape index (κ3) is 4.60. The molecular formula is C17H23NO3. The van der Waals surface area contributed by atoms with E-state index in [0.717, 1.165) is 37.2 Å². The first kappa shape index (κ1) is 15.6. The fourth-order valence-electron chi connectivity index (χ4n) is 2.65. The van der Waals surface area contributed by atoms with Crippen LogP contribution in [-0.2, 0) is 11.3 Å². The van der Waals surface area contributed by atoms with Crippen LogP contribution < -0.4 is 4.74 Å². The normalized spacial score (nSPS) is 17.2. The maximum absolute atomic E-state index is 10.7. The number of piperidine rings is 1. The summed E-state index contributed by atoms with van der Waals surface area (Å²) in [6.45, 7) is 5.48. The number of methoxy groups -OCH3 is 1. The van der Waals surface area contributed by atoms with Crippen molar-refractivity contribution in [3.63, 3.8) is 0 Å². The zero-order valence-corrected chi connectivity index (χ0v) is 12.7. The van der Waals surface area contributed by atoms with Gasteiger partial charge in [0.2, 0.25) is 0 Å². The van der Waals surface area contributed by atoms with E-state index < -0.39 is 5.97 Å². The molecule has 0 spiro atoms. The summed E-state index contributed by atoms with van der Waals surface area (Å²) in [6.07, 6.45) is 5.23. The number of carboxylic acid groups (broad SMARTS) is 1. The van der Waals surface area contributed by atoms with Crippen molar-refractivity contribution in [3.8, 4) is 5.75 Å². The molecule has 0 radical (unpaired) electrons. The van der Waals surface area contributed by atoms with E-state index in [0.29, 0.717) is 5.75 Å². The van der Waals surface area contributed by atoms with Gasteiger partial charge in [-0.05, 0) is 55.6 Å². The van der Waals surface area contributed by atoms with Crippen molar-refractivity contribution < 1.29 is 14.6 Å².